The molecule has 0 aliphatic rings. The summed E-state index contributed by atoms with van der Waals surface area (Å²) in [5.74, 6) is 0. The Morgan fingerprint density at radius 2 is 1.89 bits per heavy atom. The van der Waals surface area contributed by atoms with E-state index in [0.717, 1.165) is 23.3 Å². The fourth-order valence-electron chi connectivity index (χ4n) is 2.09. The van der Waals surface area contributed by atoms with Crippen molar-refractivity contribution >= 4 is 5.65 Å². The van der Waals surface area contributed by atoms with Crippen LogP contribution in [-0.4, -0.2) is 9.38 Å². The average Bonchev–Trinajstić information content (AvgIpc) is 2.80. The second kappa shape index (κ2) is 4.63. The lowest BCUT2D eigenvalue weighted by Gasteiger charge is -1.96. The highest BCUT2D eigenvalue weighted by Crippen LogP contribution is 2.12. The maximum atomic E-state index is 5.63. The molecule has 0 radical (unpaired) electrons. The van der Waals surface area contributed by atoms with E-state index in [1.807, 2.05) is 28.8 Å². The van der Waals surface area contributed by atoms with E-state index in [2.05, 4.69) is 35.4 Å². The smallest absolute Gasteiger partial charge is 0.137 e. The van der Waals surface area contributed by atoms with Crippen LogP contribution in [-0.2, 0) is 13.0 Å². The number of nitrogens with two attached hydrogens (primary N) is 1. The molecule has 0 aliphatic carbocycles. The molecule has 0 fully saturated rings. The summed E-state index contributed by atoms with van der Waals surface area (Å²) in [4.78, 5) is 4.62. The molecule has 18 heavy (non-hydrogen) atoms. The van der Waals surface area contributed by atoms with Crippen LogP contribution in [0.4, 0.5) is 0 Å². The van der Waals surface area contributed by atoms with Crippen LogP contribution in [0.25, 0.3) is 5.65 Å². The zero-order valence-corrected chi connectivity index (χ0v) is 10.1. The van der Waals surface area contributed by atoms with Crippen molar-refractivity contribution < 1.29 is 0 Å². The normalized spacial score (nSPS) is 10.9. The summed E-state index contributed by atoms with van der Waals surface area (Å²) in [6.45, 7) is 0.553. The van der Waals surface area contributed by atoms with Crippen molar-refractivity contribution in [1.29, 1.82) is 0 Å². The first-order valence-electron chi connectivity index (χ1n) is 6.05. The number of rotatable bonds is 3. The molecule has 0 spiro atoms. The zero-order chi connectivity index (χ0) is 12.4. The Morgan fingerprint density at radius 3 is 2.67 bits per heavy atom. The van der Waals surface area contributed by atoms with Gasteiger partial charge in [0, 0.05) is 25.4 Å². The van der Waals surface area contributed by atoms with Gasteiger partial charge in [0.05, 0.1) is 5.69 Å². The molecule has 0 atom stereocenters. The van der Waals surface area contributed by atoms with Gasteiger partial charge in [0.1, 0.15) is 5.65 Å². The number of fused-ring (bicyclic) bond motifs is 1. The van der Waals surface area contributed by atoms with Crippen LogP contribution in [0.1, 0.15) is 16.8 Å². The largest absolute Gasteiger partial charge is 0.326 e. The summed E-state index contributed by atoms with van der Waals surface area (Å²) in [5, 5.41) is 0. The van der Waals surface area contributed by atoms with E-state index in [0.29, 0.717) is 6.54 Å². The van der Waals surface area contributed by atoms with Crippen molar-refractivity contribution in [2.45, 2.75) is 13.0 Å². The van der Waals surface area contributed by atoms with Gasteiger partial charge in [-0.05, 0) is 23.3 Å². The molecule has 0 aliphatic heterocycles. The van der Waals surface area contributed by atoms with E-state index >= 15 is 0 Å². The molecule has 0 saturated heterocycles. The van der Waals surface area contributed by atoms with Crippen LogP contribution >= 0.6 is 0 Å². The molecular weight excluding hydrogens is 222 g/mol. The zero-order valence-electron chi connectivity index (χ0n) is 10.1. The molecule has 3 aromatic rings. The van der Waals surface area contributed by atoms with Crippen molar-refractivity contribution in [2.24, 2.45) is 5.73 Å². The van der Waals surface area contributed by atoms with Gasteiger partial charge in [0.2, 0.25) is 0 Å². The molecule has 3 nitrogen and oxygen atoms in total. The number of nitrogens with zero attached hydrogens (tertiary/aromatic N) is 2. The molecular formula is C15H15N3. The number of aromatic nitrogens is 2. The Hall–Kier alpha value is -2.13. The van der Waals surface area contributed by atoms with E-state index in [9.17, 15) is 0 Å². The van der Waals surface area contributed by atoms with E-state index in [1.165, 1.54) is 5.56 Å². The number of pyridine rings is 1. The topological polar surface area (TPSA) is 43.3 Å². The predicted octanol–water partition coefficient (Wildman–Crippen LogP) is 2.38. The molecule has 2 N–H and O–H groups in total. The summed E-state index contributed by atoms with van der Waals surface area (Å²) in [6, 6.07) is 14.4. The summed E-state index contributed by atoms with van der Waals surface area (Å²) in [6.07, 6.45) is 4.95. The highest BCUT2D eigenvalue weighted by molar-refractivity contribution is 5.43. The average molecular weight is 237 g/mol. The lowest BCUT2D eigenvalue weighted by molar-refractivity contribution is 1.05. The van der Waals surface area contributed by atoms with Crippen molar-refractivity contribution in [3.63, 3.8) is 0 Å². The number of imidazole rings is 1. The molecule has 1 aromatic carbocycles. The monoisotopic (exact) mass is 237 g/mol. The minimum atomic E-state index is 0.553. The van der Waals surface area contributed by atoms with Gasteiger partial charge in [-0.1, -0.05) is 30.3 Å². The molecule has 3 heteroatoms. The van der Waals surface area contributed by atoms with E-state index < -0.39 is 0 Å². The fraction of sp³-hybridized carbons (Fsp3) is 0.133. The van der Waals surface area contributed by atoms with Crippen LogP contribution in [0.2, 0.25) is 0 Å². The third kappa shape index (κ3) is 2.13. The standard InChI is InChI=1S/C15H15N3/c16-10-13-6-7-18-11-14(17-15(18)9-13)8-12-4-2-1-3-5-12/h1-7,9,11H,8,10,16H2. The van der Waals surface area contributed by atoms with Gasteiger partial charge < -0.3 is 10.1 Å². The third-order valence-electron chi connectivity index (χ3n) is 3.04. The highest BCUT2D eigenvalue weighted by Gasteiger charge is 2.03. The van der Waals surface area contributed by atoms with Crippen molar-refractivity contribution in [3.8, 4) is 0 Å². The number of hydrogen-bond acceptors (Lipinski definition) is 2. The van der Waals surface area contributed by atoms with Gasteiger partial charge in [-0.25, -0.2) is 4.98 Å². The molecule has 0 unspecified atom stereocenters. The highest BCUT2D eigenvalue weighted by atomic mass is 15.0. The van der Waals surface area contributed by atoms with Gasteiger partial charge in [0.15, 0.2) is 0 Å². The van der Waals surface area contributed by atoms with Gasteiger partial charge >= 0.3 is 0 Å². The molecule has 0 saturated carbocycles. The van der Waals surface area contributed by atoms with Gasteiger partial charge in [0.25, 0.3) is 0 Å². The molecule has 2 aromatic heterocycles. The Morgan fingerprint density at radius 1 is 1.06 bits per heavy atom. The molecule has 3 rings (SSSR count). The second-order valence-corrected chi connectivity index (χ2v) is 4.40. The third-order valence-corrected chi connectivity index (χ3v) is 3.04. The minimum absolute atomic E-state index is 0.553. The lowest BCUT2D eigenvalue weighted by atomic mass is 10.1. The van der Waals surface area contributed by atoms with E-state index in [4.69, 9.17) is 5.73 Å². The van der Waals surface area contributed by atoms with Crippen molar-refractivity contribution in [2.75, 3.05) is 0 Å². The predicted molar refractivity (Wildman–Crippen MR) is 72.3 cm³/mol. The first kappa shape index (κ1) is 11.0. The molecule has 0 amide bonds. The second-order valence-electron chi connectivity index (χ2n) is 4.40. The Balaban J connectivity index is 1.94. The Bertz CT molecular complexity index is 656. The Labute approximate surface area is 106 Å². The first-order chi connectivity index (χ1) is 8.85. The van der Waals surface area contributed by atoms with E-state index in [-0.39, 0.29) is 0 Å². The lowest BCUT2D eigenvalue weighted by Crippen LogP contribution is -1.96. The summed E-state index contributed by atoms with van der Waals surface area (Å²) < 4.78 is 2.04. The van der Waals surface area contributed by atoms with Crippen LogP contribution < -0.4 is 5.73 Å². The van der Waals surface area contributed by atoms with Gasteiger partial charge in [-0.3, -0.25) is 0 Å². The molecule has 2 heterocycles. The summed E-state index contributed by atoms with van der Waals surface area (Å²) >= 11 is 0. The minimum Gasteiger partial charge on any atom is -0.326 e. The van der Waals surface area contributed by atoms with Gasteiger partial charge in [-0.15, -0.1) is 0 Å². The first-order valence-corrected chi connectivity index (χ1v) is 6.05. The van der Waals surface area contributed by atoms with Crippen LogP contribution in [0.5, 0.6) is 0 Å². The van der Waals surface area contributed by atoms with Crippen LogP contribution in [0.15, 0.2) is 54.9 Å². The maximum absolute atomic E-state index is 5.63. The Kier molecular flexibility index (Phi) is 2.82. The summed E-state index contributed by atoms with van der Waals surface area (Å²) in [5.41, 5.74) is 10.1. The van der Waals surface area contributed by atoms with Crippen LogP contribution in [0.3, 0.4) is 0 Å². The molecule has 90 valence electrons. The van der Waals surface area contributed by atoms with Gasteiger partial charge in [-0.2, -0.15) is 0 Å². The number of benzene rings is 1. The van der Waals surface area contributed by atoms with Crippen LogP contribution in [0, 0.1) is 0 Å². The SMILES string of the molecule is NCc1ccn2cc(Cc3ccccc3)nc2c1. The van der Waals surface area contributed by atoms with Crippen molar-refractivity contribution in [1.82, 2.24) is 9.38 Å². The maximum Gasteiger partial charge on any atom is 0.137 e. The van der Waals surface area contributed by atoms with Crippen molar-refractivity contribution in [3.05, 3.63) is 71.7 Å². The molecule has 0 bridgehead atoms. The number of hydrogen-bond donors (Lipinski definition) is 1. The quantitative estimate of drug-likeness (QED) is 0.760. The fourth-order valence-corrected chi connectivity index (χ4v) is 2.09. The van der Waals surface area contributed by atoms with E-state index in [1.54, 1.807) is 0 Å². The summed E-state index contributed by atoms with van der Waals surface area (Å²) in [7, 11) is 0.